The number of aliphatic hydroxyl groups is 3. The molecule has 4 radical (unpaired) electrons. The number of carbonyl (C=O) groups excluding carboxylic acids is 3. The molecule has 0 fully saturated rings. The summed E-state index contributed by atoms with van der Waals surface area (Å²) in [7, 11) is 0. The Bertz CT molecular complexity index is 5680. The van der Waals surface area contributed by atoms with Gasteiger partial charge in [0.25, 0.3) is 0 Å². The minimum atomic E-state index is -0.141. The maximum Gasteiger partial charge on any atom is 0.155 e. The van der Waals surface area contributed by atoms with Crippen LogP contribution < -0.4 is 0 Å². The molecule has 0 saturated heterocycles. The summed E-state index contributed by atoms with van der Waals surface area (Å²) in [5, 5.41) is 29.2. The van der Waals surface area contributed by atoms with Crippen molar-refractivity contribution in [3.05, 3.63) is 378 Å². The van der Waals surface area contributed by atoms with Crippen LogP contribution in [0.3, 0.4) is 0 Å². The number of nitrogens with zero attached hydrogens (tertiary/aromatic N) is 5. The molecule has 16 rings (SSSR count). The number of para-hydroxylation sites is 4. The maximum atomic E-state index is 10.0. The molecule has 15 aromatic rings. The first kappa shape index (κ1) is 94.8. The number of aryl methyl sites for hydroxylation is 5. The molecule has 1 aliphatic carbocycles. The Morgan fingerprint density at radius 1 is 0.383 bits per heavy atom. The normalized spacial score (nSPS) is 11.1. The van der Waals surface area contributed by atoms with Crippen LogP contribution in [0.5, 0.6) is 0 Å². The third-order valence-corrected chi connectivity index (χ3v) is 17.7. The smallest absolute Gasteiger partial charge is 0.155 e. The van der Waals surface area contributed by atoms with Crippen molar-refractivity contribution < 1.29 is 110 Å². The summed E-state index contributed by atoms with van der Waals surface area (Å²) >= 11 is 0. The van der Waals surface area contributed by atoms with Crippen molar-refractivity contribution >= 4 is 61.0 Å². The van der Waals surface area contributed by atoms with Crippen LogP contribution in [0.1, 0.15) is 93.0 Å². The molecule has 592 valence electrons. The molecule has 0 unspecified atom stereocenters. The van der Waals surface area contributed by atoms with Gasteiger partial charge < -0.3 is 20.3 Å². The molecule has 11 nitrogen and oxygen atoms in total. The molecule has 3 N–H and O–H groups in total. The fraction of sp³-hybridized carbons (Fsp3) is 0.140. The number of benzene rings is 10. The van der Waals surface area contributed by atoms with Gasteiger partial charge in [-0.15, -0.1) is 170 Å². The summed E-state index contributed by atoms with van der Waals surface area (Å²) in [5.41, 5.74) is 27.1. The Morgan fingerprint density at radius 2 is 0.861 bits per heavy atom. The van der Waals surface area contributed by atoms with E-state index in [1.54, 1.807) is 6.20 Å². The molecule has 5 heterocycles. The van der Waals surface area contributed by atoms with Gasteiger partial charge in [0.05, 0.1) is 39.8 Å². The number of fused-ring (bicyclic) bond motifs is 7. The van der Waals surface area contributed by atoms with E-state index in [0.29, 0.717) is 0 Å². The predicted octanol–water partition coefficient (Wildman–Crippen LogP) is 24.2. The number of rotatable bonds is 8. The molecule has 0 aliphatic heterocycles. The zero-order valence-corrected chi connectivity index (χ0v) is 75.9. The van der Waals surface area contributed by atoms with Gasteiger partial charge in [0.2, 0.25) is 0 Å². The van der Waals surface area contributed by atoms with Crippen molar-refractivity contribution in [2.75, 3.05) is 0 Å². The second-order valence-electron chi connectivity index (χ2n) is 27.2. The van der Waals surface area contributed by atoms with Crippen LogP contribution in [0.25, 0.3) is 111 Å². The molecule has 15 heteroatoms. The van der Waals surface area contributed by atoms with E-state index in [4.69, 9.17) is 35.3 Å². The van der Waals surface area contributed by atoms with E-state index >= 15 is 0 Å². The van der Waals surface area contributed by atoms with Crippen LogP contribution >= 0.6 is 0 Å². The van der Waals surface area contributed by atoms with E-state index in [1.165, 1.54) is 113 Å². The molecular weight excluding hydrogens is 2140 g/mol. The van der Waals surface area contributed by atoms with Gasteiger partial charge in [-0.2, -0.15) is 0 Å². The van der Waals surface area contributed by atoms with Gasteiger partial charge in [-0.25, -0.2) is 0 Å². The summed E-state index contributed by atoms with van der Waals surface area (Å²) in [6.45, 7) is 24.2. The van der Waals surface area contributed by atoms with Gasteiger partial charge >= 0.3 is 0 Å². The van der Waals surface area contributed by atoms with Crippen molar-refractivity contribution in [2.24, 2.45) is 0 Å². The Morgan fingerprint density at radius 3 is 1.32 bits per heavy atom. The molecule has 0 spiro atoms. The first-order valence-corrected chi connectivity index (χ1v) is 36.4. The zero-order chi connectivity index (χ0) is 79.6. The summed E-state index contributed by atoms with van der Waals surface area (Å²) in [6.07, 6.45) is 5.93. The number of ketones is 3. The molecule has 10 aromatic carbocycles. The SMILES string of the molecule is CC(=O)C=C(C)O.CC(=O)C=C(C)O.CC(=O)C=CO.CC1(C)c2ccccc2-c2c[c-]c(-c3ccc4ccccc4n3)cc21.Cc1[c-]c(-c2ccc3ccccc3n2)c(C)cc1.Cc1[c-]c(-c2ccc3ccccc3n2)cc(C)c1.Cc1cc[c-]c(-c2ccc3ccccc3n2)c1C.[Ir].[Ir].[Ir].[Ir].[c-]1ccccc1-c1ccccn1. The van der Waals surface area contributed by atoms with E-state index in [9.17, 15) is 14.4 Å². The van der Waals surface area contributed by atoms with Crippen molar-refractivity contribution in [1.29, 1.82) is 0 Å². The fourth-order valence-electron chi connectivity index (χ4n) is 12.3. The number of allylic oxidation sites excluding steroid dienone is 5. The van der Waals surface area contributed by atoms with Gasteiger partial charge in [0, 0.05) is 105 Å². The predicted molar refractivity (Wildman–Crippen MR) is 455 cm³/mol. The first-order chi connectivity index (χ1) is 53.3. The number of hydrogen-bond donors (Lipinski definition) is 3. The Balaban J connectivity index is 0.000000243. The molecule has 115 heavy (non-hydrogen) atoms. The minimum Gasteiger partial charge on any atom is -0.515 e. The summed E-state index contributed by atoms with van der Waals surface area (Å²) < 4.78 is 0. The van der Waals surface area contributed by atoms with Crippen molar-refractivity contribution in [2.45, 2.75) is 95.4 Å². The van der Waals surface area contributed by atoms with Crippen LogP contribution in [0.4, 0.5) is 0 Å². The number of carbonyl (C=O) groups is 3. The Kier molecular flexibility index (Phi) is 38.4. The van der Waals surface area contributed by atoms with Crippen molar-refractivity contribution in [3.8, 4) is 67.4 Å². The van der Waals surface area contributed by atoms with Crippen molar-refractivity contribution in [3.63, 3.8) is 0 Å². The van der Waals surface area contributed by atoms with Crippen molar-refractivity contribution in [1.82, 2.24) is 24.9 Å². The topological polar surface area (TPSA) is 176 Å². The van der Waals surface area contributed by atoms with Crippen LogP contribution in [0.2, 0.25) is 0 Å². The third-order valence-electron chi connectivity index (χ3n) is 17.7. The molecule has 0 saturated carbocycles. The fourth-order valence-corrected chi connectivity index (χ4v) is 12.3. The van der Waals surface area contributed by atoms with Gasteiger partial charge in [0.1, 0.15) is 0 Å². The second kappa shape index (κ2) is 46.5. The third kappa shape index (κ3) is 27.7. The van der Waals surface area contributed by atoms with Crippen LogP contribution in [-0.2, 0) is 100 Å². The number of hydrogen-bond acceptors (Lipinski definition) is 11. The molecule has 0 atom stereocenters. The van der Waals surface area contributed by atoms with E-state index in [0.717, 1.165) is 102 Å². The van der Waals surface area contributed by atoms with E-state index in [-0.39, 0.29) is 115 Å². The van der Waals surface area contributed by atoms with E-state index in [1.807, 2.05) is 115 Å². The standard InChI is InChI=1S/C24H18N.3C17H14N.C11H8N.2C5H8O2.C4H6O2.4Ir/c1-24(2)20-9-5-4-8-18(20)19-13-11-17(15-21(19)24)23-14-12-16-7-3-6-10-22(16)25-23;1-12-6-5-8-15(13(12)2)17-11-10-14-7-3-4-9-16(14)18-17;1-12-9-13(2)11-15(10-12)17-8-7-14-5-3-4-6-16(14)18-17;1-12-7-8-13(2)15(11-12)17-10-9-14-5-3-4-6-16(14)18-17;1-2-6-10(7-3-1)11-8-4-5-9-12-11;2*1-4(6)3-5(2)7;1-4(6)2-3-5;;;;/h3-10,12-15H,1-2H3;3-7,9-11H,1-2H3;2*3-10H,1-2H3;1-6,8-9H;2*3,6H,1-2H3;2-3,5H,1H3;;;;/q5*-1;;;;;;;. The summed E-state index contributed by atoms with van der Waals surface area (Å²) in [5.74, 6) is -0.266. The average molecular weight is 2230 g/mol. The first-order valence-electron chi connectivity index (χ1n) is 36.4. The maximum absolute atomic E-state index is 10.0. The Labute approximate surface area is 730 Å². The summed E-state index contributed by atoms with van der Waals surface area (Å²) in [4.78, 5) is 53.0. The molecule has 0 bridgehead atoms. The monoisotopic (exact) mass is 2230 g/mol. The second-order valence-corrected chi connectivity index (χ2v) is 27.2. The van der Waals surface area contributed by atoms with Crippen LogP contribution in [0, 0.1) is 71.9 Å². The quantitative estimate of drug-likeness (QED) is 0.0750. The number of aliphatic hydroxyl groups excluding tert-OH is 3. The number of pyridine rings is 5. The molecule has 0 amide bonds. The molecule has 5 aromatic heterocycles. The van der Waals surface area contributed by atoms with Gasteiger partial charge in [-0.05, 0) is 126 Å². The zero-order valence-electron chi connectivity index (χ0n) is 66.3. The largest absolute Gasteiger partial charge is 0.515 e. The van der Waals surface area contributed by atoms with Gasteiger partial charge in [0.15, 0.2) is 17.3 Å². The minimum absolute atomic E-state index is 0. The van der Waals surface area contributed by atoms with Crippen LogP contribution in [0.15, 0.2) is 303 Å². The average Bonchev–Trinajstić information content (AvgIpc) is 1.58. The van der Waals surface area contributed by atoms with Gasteiger partial charge in [-0.1, -0.05) is 224 Å². The van der Waals surface area contributed by atoms with Crippen LogP contribution in [-0.4, -0.2) is 57.6 Å². The summed E-state index contributed by atoms with van der Waals surface area (Å²) in [6, 6.07) is 106. The Hall–Kier alpha value is -10.8. The van der Waals surface area contributed by atoms with E-state index < -0.39 is 0 Å². The van der Waals surface area contributed by atoms with E-state index in [2.05, 4.69) is 236 Å². The number of aromatic nitrogens is 5. The van der Waals surface area contributed by atoms with Gasteiger partial charge in [-0.3, -0.25) is 34.3 Å². The molecule has 1 aliphatic rings. The molecular formula is C100H90Ir4N5O6-5.